The number of aromatic nitrogens is 3. The number of para-hydroxylation sites is 1. The monoisotopic (exact) mass is 232 g/mol. The van der Waals surface area contributed by atoms with Crippen LogP contribution in [0.2, 0.25) is 0 Å². The van der Waals surface area contributed by atoms with E-state index < -0.39 is 4.92 Å². The summed E-state index contributed by atoms with van der Waals surface area (Å²) in [6.07, 6.45) is 1.74. The van der Waals surface area contributed by atoms with Crippen molar-refractivity contribution in [3.8, 4) is 11.4 Å². The van der Waals surface area contributed by atoms with E-state index in [0.29, 0.717) is 11.4 Å². The summed E-state index contributed by atoms with van der Waals surface area (Å²) in [6.45, 7) is 2.03. The molecule has 0 fully saturated rings. The minimum absolute atomic E-state index is 0.0227. The molecule has 17 heavy (non-hydrogen) atoms. The lowest BCUT2D eigenvalue weighted by Crippen LogP contribution is -1.92. The van der Waals surface area contributed by atoms with Crippen LogP contribution in [0.15, 0.2) is 24.3 Å². The van der Waals surface area contributed by atoms with Crippen molar-refractivity contribution in [2.45, 2.75) is 19.8 Å². The molecule has 0 unspecified atom stereocenters. The molecule has 2 rings (SSSR count). The number of aromatic amines is 1. The first kappa shape index (κ1) is 11.3. The second kappa shape index (κ2) is 4.73. The molecule has 0 radical (unpaired) electrons. The molecule has 2 aromatic rings. The van der Waals surface area contributed by atoms with Crippen molar-refractivity contribution in [1.29, 1.82) is 0 Å². The summed E-state index contributed by atoms with van der Waals surface area (Å²) in [6, 6.07) is 6.46. The molecule has 1 N–H and O–H groups in total. The quantitative estimate of drug-likeness (QED) is 0.647. The molecule has 0 atom stereocenters. The maximum atomic E-state index is 10.9. The van der Waals surface area contributed by atoms with Crippen LogP contribution in [0.1, 0.15) is 19.2 Å². The number of hydrogen-bond donors (Lipinski definition) is 1. The van der Waals surface area contributed by atoms with Gasteiger partial charge in [0.1, 0.15) is 5.82 Å². The molecular formula is C11H12N4O2. The van der Waals surface area contributed by atoms with Crippen molar-refractivity contribution in [2.24, 2.45) is 0 Å². The Balaban J connectivity index is 2.41. The second-order valence-corrected chi connectivity index (χ2v) is 3.63. The van der Waals surface area contributed by atoms with E-state index in [4.69, 9.17) is 0 Å². The third kappa shape index (κ3) is 2.30. The predicted octanol–water partition coefficient (Wildman–Crippen LogP) is 2.33. The largest absolute Gasteiger partial charge is 0.280 e. The molecule has 6 heteroatoms. The first-order valence-electron chi connectivity index (χ1n) is 5.37. The summed E-state index contributed by atoms with van der Waals surface area (Å²) < 4.78 is 0. The van der Waals surface area contributed by atoms with Gasteiger partial charge in [-0.3, -0.25) is 15.2 Å². The van der Waals surface area contributed by atoms with Crippen LogP contribution in [0, 0.1) is 10.1 Å². The lowest BCUT2D eigenvalue weighted by Gasteiger charge is -1.96. The number of nitrogens with one attached hydrogen (secondary N) is 1. The summed E-state index contributed by atoms with van der Waals surface area (Å²) in [5, 5.41) is 17.7. The van der Waals surface area contributed by atoms with E-state index >= 15 is 0 Å². The average Bonchev–Trinajstić information content (AvgIpc) is 2.78. The Morgan fingerprint density at radius 2 is 2.18 bits per heavy atom. The standard InChI is InChI=1S/C11H12N4O2/c1-2-5-10-12-11(14-13-10)8-6-3-4-7-9(8)15(16)17/h3-4,6-7H,2,5H2,1H3,(H,12,13,14). The molecule has 0 aliphatic carbocycles. The fraction of sp³-hybridized carbons (Fsp3) is 0.273. The van der Waals surface area contributed by atoms with Gasteiger partial charge < -0.3 is 0 Å². The molecule has 0 aliphatic heterocycles. The molecule has 1 heterocycles. The Labute approximate surface area is 97.9 Å². The van der Waals surface area contributed by atoms with Gasteiger partial charge in [-0.15, -0.1) is 0 Å². The number of rotatable bonds is 4. The normalized spacial score (nSPS) is 10.4. The molecular weight excluding hydrogens is 220 g/mol. The van der Waals surface area contributed by atoms with Crippen molar-refractivity contribution < 1.29 is 4.92 Å². The molecule has 0 saturated heterocycles. The van der Waals surface area contributed by atoms with Gasteiger partial charge in [0.25, 0.3) is 5.69 Å². The first-order chi connectivity index (χ1) is 8.22. The lowest BCUT2D eigenvalue weighted by molar-refractivity contribution is -0.384. The number of nitrogens with zero attached hydrogens (tertiary/aromatic N) is 3. The number of aryl methyl sites for hydroxylation is 1. The van der Waals surface area contributed by atoms with Gasteiger partial charge in [0.05, 0.1) is 10.5 Å². The van der Waals surface area contributed by atoms with Gasteiger partial charge in [0, 0.05) is 12.5 Å². The summed E-state index contributed by atoms with van der Waals surface area (Å²) in [5.74, 6) is 1.13. The molecule has 0 saturated carbocycles. The fourth-order valence-corrected chi connectivity index (χ4v) is 1.59. The van der Waals surface area contributed by atoms with Gasteiger partial charge in [-0.25, -0.2) is 4.98 Å². The summed E-state index contributed by atoms with van der Waals surface area (Å²) in [7, 11) is 0. The van der Waals surface area contributed by atoms with Crippen molar-refractivity contribution in [3.63, 3.8) is 0 Å². The molecule has 1 aromatic carbocycles. The van der Waals surface area contributed by atoms with Crippen molar-refractivity contribution >= 4 is 5.69 Å². The second-order valence-electron chi connectivity index (χ2n) is 3.63. The van der Waals surface area contributed by atoms with Crippen LogP contribution >= 0.6 is 0 Å². The highest BCUT2D eigenvalue weighted by Gasteiger charge is 2.17. The van der Waals surface area contributed by atoms with E-state index in [1.54, 1.807) is 18.2 Å². The van der Waals surface area contributed by atoms with E-state index in [1.165, 1.54) is 6.07 Å². The van der Waals surface area contributed by atoms with Crippen LogP contribution in [0.25, 0.3) is 11.4 Å². The Hall–Kier alpha value is -2.24. The van der Waals surface area contributed by atoms with Crippen LogP contribution < -0.4 is 0 Å². The van der Waals surface area contributed by atoms with Crippen LogP contribution in [0.3, 0.4) is 0 Å². The van der Waals surface area contributed by atoms with Gasteiger partial charge in [0.15, 0.2) is 5.82 Å². The minimum Gasteiger partial charge on any atom is -0.263 e. The average molecular weight is 232 g/mol. The molecule has 0 spiro atoms. The Bertz CT molecular complexity index is 536. The van der Waals surface area contributed by atoms with Crippen molar-refractivity contribution in [3.05, 3.63) is 40.2 Å². The number of hydrogen-bond acceptors (Lipinski definition) is 4. The van der Waals surface area contributed by atoms with Gasteiger partial charge in [-0.05, 0) is 12.5 Å². The molecule has 1 aromatic heterocycles. The van der Waals surface area contributed by atoms with Gasteiger partial charge in [-0.1, -0.05) is 19.1 Å². The summed E-state index contributed by atoms with van der Waals surface area (Å²) in [5.41, 5.74) is 0.464. The number of H-pyrrole nitrogens is 1. The van der Waals surface area contributed by atoms with E-state index in [0.717, 1.165) is 18.7 Å². The molecule has 0 bridgehead atoms. The van der Waals surface area contributed by atoms with Gasteiger partial charge in [0.2, 0.25) is 0 Å². The Kier molecular flexibility index (Phi) is 3.13. The lowest BCUT2D eigenvalue weighted by atomic mass is 10.2. The minimum atomic E-state index is -0.425. The maximum Gasteiger partial charge on any atom is 0.280 e. The molecule has 88 valence electrons. The first-order valence-corrected chi connectivity index (χ1v) is 5.37. The Morgan fingerprint density at radius 3 is 2.88 bits per heavy atom. The highest BCUT2D eigenvalue weighted by atomic mass is 16.6. The summed E-state index contributed by atoms with van der Waals surface area (Å²) in [4.78, 5) is 14.7. The summed E-state index contributed by atoms with van der Waals surface area (Å²) >= 11 is 0. The zero-order chi connectivity index (χ0) is 12.3. The maximum absolute atomic E-state index is 10.9. The van der Waals surface area contributed by atoms with E-state index in [9.17, 15) is 10.1 Å². The number of nitro benzene ring substituents is 1. The SMILES string of the molecule is CCCc1nc(-c2ccccc2[N+](=O)[O-])n[nH]1. The molecule has 6 nitrogen and oxygen atoms in total. The van der Waals surface area contributed by atoms with Crippen LogP contribution in [0.4, 0.5) is 5.69 Å². The van der Waals surface area contributed by atoms with E-state index in [2.05, 4.69) is 15.2 Å². The van der Waals surface area contributed by atoms with Crippen molar-refractivity contribution in [2.75, 3.05) is 0 Å². The third-order valence-electron chi connectivity index (χ3n) is 2.36. The predicted molar refractivity (Wildman–Crippen MR) is 62.5 cm³/mol. The highest BCUT2D eigenvalue weighted by Crippen LogP contribution is 2.26. The van der Waals surface area contributed by atoms with E-state index in [1.807, 2.05) is 6.92 Å². The number of nitro groups is 1. The molecule has 0 amide bonds. The topological polar surface area (TPSA) is 84.7 Å². The van der Waals surface area contributed by atoms with Crippen LogP contribution in [-0.2, 0) is 6.42 Å². The zero-order valence-electron chi connectivity index (χ0n) is 9.38. The highest BCUT2D eigenvalue weighted by molar-refractivity contribution is 5.67. The van der Waals surface area contributed by atoms with Gasteiger partial charge in [-0.2, -0.15) is 5.10 Å². The third-order valence-corrected chi connectivity index (χ3v) is 2.36. The fourth-order valence-electron chi connectivity index (χ4n) is 1.59. The number of benzene rings is 1. The van der Waals surface area contributed by atoms with Crippen LogP contribution in [-0.4, -0.2) is 20.1 Å². The van der Waals surface area contributed by atoms with Crippen LogP contribution in [0.5, 0.6) is 0 Å². The van der Waals surface area contributed by atoms with E-state index in [-0.39, 0.29) is 5.69 Å². The van der Waals surface area contributed by atoms with Gasteiger partial charge >= 0.3 is 0 Å². The zero-order valence-corrected chi connectivity index (χ0v) is 9.38. The smallest absolute Gasteiger partial charge is 0.263 e. The van der Waals surface area contributed by atoms with Crippen molar-refractivity contribution in [1.82, 2.24) is 15.2 Å². The Morgan fingerprint density at radius 1 is 1.41 bits per heavy atom. The molecule has 0 aliphatic rings.